The lowest BCUT2D eigenvalue weighted by atomic mass is 10.1. The molecule has 0 radical (unpaired) electrons. The molecule has 142 valence electrons. The van der Waals surface area contributed by atoms with Crippen molar-refractivity contribution in [2.24, 2.45) is 0 Å². The molecule has 2 rings (SSSR count). The number of carbonyl (C=O) groups is 2. The Hall–Kier alpha value is -2.61. The Balaban J connectivity index is 2.10. The third-order valence-corrected chi connectivity index (χ3v) is 4.05. The van der Waals surface area contributed by atoms with Crippen LogP contribution in [0.2, 0.25) is 0 Å². The molecule has 2 aromatic rings. The van der Waals surface area contributed by atoms with E-state index in [0.29, 0.717) is 11.8 Å². The molecule has 0 aromatic heterocycles. The van der Waals surface area contributed by atoms with Gasteiger partial charge in [-0.05, 0) is 29.8 Å². The van der Waals surface area contributed by atoms with Crippen LogP contribution in [0.15, 0.2) is 71.3 Å². The number of anilines is 1. The molecule has 27 heavy (non-hydrogen) atoms. The number of benzene rings is 2. The van der Waals surface area contributed by atoms with Gasteiger partial charge in [-0.15, -0.1) is 0 Å². The first-order chi connectivity index (χ1) is 12.8. The molecule has 0 bridgehead atoms. The standard InChI is InChI=1S/C19H16BrF3N2O2/c20-14-6-8-15(9-7-14)25-18(27)16(12-13-4-2-1-3-5-13)24-11-10-17(26)19(21,22)23/h1-11,16,24H,12H2,(H,25,27)/b11-10+. The van der Waals surface area contributed by atoms with E-state index in [9.17, 15) is 22.8 Å². The largest absolute Gasteiger partial charge is 0.454 e. The SMILES string of the molecule is O=C(Nc1ccc(Br)cc1)C(Cc1ccccc1)N/C=C/C(=O)C(F)(F)F. The van der Waals surface area contributed by atoms with Gasteiger partial charge in [0.2, 0.25) is 5.91 Å². The third kappa shape index (κ3) is 6.90. The predicted octanol–water partition coefficient (Wildman–Crippen LogP) is 4.23. The van der Waals surface area contributed by atoms with Crippen molar-refractivity contribution in [2.75, 3.05) is 5.32 Å². The molecule has 1 amide bonds. The van der Waals surface area contributed by atoms with Crippen LogP contribution in [-0.2, 0) is 16.0 Å². The molecule has 0 aliphatic carbocycles. The zero-order chi connectivity index (χ0) is 19.9. The predicted molar refractivity (Wildman–Crippen MR) is 100 cm³/mol. The number of amides is 1. The van der Waals surface area contributed by atoms with Crippen LogP contribution in [-0.4, -0.2) is 23.9 Å². The molecule has 0 spiro atoms. The first-order valence-corrected chi connectivity index (χ1v) is 8.69. The number of rotatable bonds is 7. The fourth-order valence-corrected chi connectivity index (χ4v) is 2.44. The average Bonchev–Trinajstić information content (AvgIpc) is 2.62. The zero-order valence-corrected chi connectivity index (χ0v) is 15.5. The lowest BCUT2D eigenvalue weighted by Crippen LogP contribution is -2.39. The van der Waals surface area contributed by atoms with E-state index < -0.39 is 23.9 Å². The summed E-state index contributed by atoms with van der Waals surface area (Å²) < 4.78 is 37.7. The van der Waals surface area contributed by atoms with Crippen molar-refractivity contribution in [3.63, 3.8) is 0 Å². The monoisotopic (exact) mass is 440 g/mol. The highest BCUT2D eigenvalue weighted by atomic mass is 79.9. The summed E-state index contributed by atoms with van der Waals surface area (Å²) in [7, 11) is 0. The molecule has 2 aromatic carbocycles. The average molecular weight is 441 g/mol. The van der Waals surface area contributed by atoms with Crippen LogP contribution in [0.3, 0.4) is 0 Å². The molecule has 1 unspecified atom stereocenters. The maximum atomic E-state index is 12.5. The van der Waals surface area contributed by atoms with Crippen LogP contribution in [0.5, 0.6) is 0 Å². The Bertz CT molecular complexity index is 806. The highest BCUT2D eigenvalue weighted by Crippen LogP contribution is 2.17. The van der Waals surface area contributed by atoms with Crippen LogP contribution in [0.1, 0.15) is 5.56 Å². The number of hydrogen-bond acceptors (Lipinski definition) is 3. The van der Waals surface area contributed by atoms with Crippen molar-refractivity contribution in [1.82, 2.24) is 5.32 Å². The van der Waals surface area contributed by atoms with E-state index in [0.717, 1.165) is 16.2 Å². The van der Waals surface area contributed by atoms with E-state index in [-0.39, 0.29) is 6.42 Å². The maximum absolute atomic E-state index is 12.5. The minimum Gasteiger partial charge on any atom is -0.379 e. The van der Waals surface area contributed by atoms with Gasteiger partial charge in [0.25, 0.3) is 5.78 Å². The van der Waals surface area contributed by atoms with Gasteiger partial charge in [-0.1, -0.05) is 46.3 Å². The summed E-state index contributed by atoms with van der Waals surface area (Å²) >= 11 is 3.29. The first kappa shape index (κ1) is 20.7. The van der Waals surface area contributed by atoms with E-state index >= 15 is 0 Å². The van der Waals surface area contributed by atoms with Crippen molar-refractivity contribution in [3.8, 4) is 0 Å². The zero-order valence-electron chi connectivity index (χ0n) is 14.0. The van der Waals surface area contributed by atoms with Crippen molar-refractivity contribution in [1.29, 1.82) is 0 Å². The minimum absolute atomic E-state index is 0.230. The van der Waals surface area contributed by atoms with Gasteiger partial charge in [-0.3, -0.25) is 9.59 Å². The molecule has 0 aliphatic heterocycles. The van der Waals surface area contributed by atoms with Gasteiger partial charge in [0.05, 0.1) is 0 Å². The Morgan fingerprint density at radius 1 is 1.04 bits per heavy atom. The van der Waals surface area contributed by atoms with Gasteiger partial charge < -0.3 is 10.6 Å². The fraction of sp³-hybridized carbons (Fsp3) is 0.158. The number of carbonyl (C=O) groups excluding carboxylic acids is 2. The van der Waals surface area contributed by atoms with E-state index in [2.05, 4.69) is 26.6 Å². The van der Waals surface area contributed by atoms with Gasteiger partial charge in [0, 0.05) is 28.9 Å². The molecule has 0 aliphatic rings. The smallest absolute Gasteiger partial charge is 0.379 e. The summed E-state index contributed by atoms with van der Waals surface area (Å²) in [5, 5.41) is 5.27. The number of halogens is 4. The normalized spacial score (nSPS) is 12.6. The second-order valence-corrected chi connectivity index (χ2v) is 6.52. The summed E-state index contributed by atoms with van der Waals surface area (Å²) in [6, 6.07) is 15.0. The molecule has 0 saturated carbocycles. The molecule has 0 fully saturated rings. The van der Waals surface area contributed by atoms with Gasteiger partial charge in [-0.25, -0.2) is 0 Å². The Labute approximate surface area is 162 Å². The van der Waals surface area contributed by atoms with Gasteiger partial charge in [0.15, 0.2) is 0 Å². The van der Waals surface area contributed by atoms with E-state index in [1.54, 1.807) is 48.5 Å². The highest BCUT2D eigenvalue weighted by Gasteiger charge is 2.36. The van der Waals surface area contributed by atoms with Crippen LogP contribution >= 0.6 is 15.9 Å². The fourth-order valence-electron chi connectivity index (χ4n) is 2.17. The lowest BCUT2D eigenvalue weighted by Gasteiger charge is -2.17. The first-order valence-electron chi connectivity index (χ1n) is 7.90. The maximum Gasteiger partial charge on any atom is 0.454 e. The molecule has 1 atom stereocenters. The van der Waals surface area contributed by atoms with E-state index in [1.165, 1.54) is 0 Å². The van der Waals surface area contributed by atoms with E-state index in [4.69, 9.17) is 0 Å². The van der Waals surface area contributed by atoms with Crippen molar-refractivity contribution in [2.45, 2.75) is 18.6 Å². The molecule has 0 saturated heterocycles. The second-order valence-electron chi connectivity index (χ2n) is 5.60. The van der Waals surface area contributed by atoms with Crippen LogP contribution < -0.4 is 10.6 Å². The Morgan fingerprint density at radius 3 is 2.26 bits per heavy atom. The summed E-state index contributed by atoms with van der Waals surface area (Å²) in [6.07, 6.45) is -3.50. The second kappa shape index (κ2) is 9.36. The van der Waals surface area contributed by atoms with Crippen molar-refractivity contribution in [3.05, 3.63) is 76.9 Å². The number of nitrogens with one attached hydrogen (secondary N) is 2. The Morgan fingerprint density at radius 2 is 1.67 bits per heavy atom. The summed E-state index contributed by atoms with van der Waals surface area (Å²) in [5.41, 5.74) is 1.36. The van der Waals surface area contributed by atoms with Crippen molar-refractivity contribution >= 4 is 33.3 Å². The topological polar surface area (TPSA) is 58.2 Å². The number of ketones is 1. The molecular weight excluding hydrogens is 425 g/mol. The summed E-state index contributed by atoms with van der Waals surface area (Å²) in [4.78, 5) is 23.5. The van der Waals surface area contributed by atoms with Gasteiger partial charge in [-0.2, -0.15) is 13.2 Å². The van der Waals surface area contributed by atoms with Gasteiger partial charge >= 0.3 is 6.18 Å². The third-order valence-electron chi connectivity index (χ3n) is 3.52. The number of allylic oxidation sites excluding steroid dienone is 1. The molecule has 8 heteroatoms. The molecule has 4 nitrogen and oxygen atoms in total. The lowest BCUT2D eigenvalue weighted by molar-refractivity contribution is -0.165. The van der Waals surface area contributed by atoms with E-state index in [1.807, 2.05) is 6.07 Å². The van der Waals surface area contributed by atoms with Gasteiger partial charge in [0.1, 0.15) is 6.04 Å². The molecule has 2 N–H and O–H groups in total. The van der Waals surface area contributed by atoms with Crippen molar-refractivity contribution < 1.29 is 22.8 Å². The van der Waals surface area contributed by atoms with Crippen LogP contribution in [0.4, 0.5) is 18.9 Å². The molecule has 0 heterocycles. The van der Waals surface area contributed by atoms with Crippen LogP contribution in [0, 0.1) is 0 Å². The quantitative estimate of drug-likeness (QED) is 0.633. The number of hydrogen-bond donors (Lipinski definition) is 2. The summed E-state index contributed by atoms with van der Waals surface area (Å²) in [5.74, 6) is -2.44. The summed E-state index contributed by atoms with van der Waals surface area (Å²) in [6.45, 7) is 0. The number of alkyl halides is 3. The molecular formula is C19H16BrF3N2O2. The highest BCUT2D eigenvalue weighted by molar-refractivity contribution is 9.10. The Kier molecular flexibility index (Phi) is 7.18. The van der Waals surface area contributed by atoms with Crippen LogP contribution in [0.25, 0.3) is 0 Å². The minimum atomic E-state index is -4.95.